The fourth-order valence-electron chi connectivity index (χ4n) is 2.02. The second-order valence-corrected chi connectivity index (χ2v) is 4.65. The topological polar surface area (TPSA) is 34.9 Å². The number of aldehydes is 1. The fourth-order valence-corrected chi connectivity index (χ4v) is 2.21. The van der Waals surface area contributed by atoms with E-state index in [1.54, 1.807) is 18.3 Å². The van der Waals surface area contributed by atoms with Gasteiger partial charge in [-0.2, -0.15) is 5.10 Å². The van der Waals surface area contributed by atoms with Crippen LogP contribution in [-0.4, -0.2) is 16.1 Å². The van der Waals surface area contributed by atoms with Crippen LogP contribution in [0.5, 0.6) is 0 Å². The number of rotatable bonds is 4. The first-order valence-corrected chi connectivity index (χ1v) is 6.32. The van der Waals surface area contributed by atoms with Crippen LogP contribution in [-0.2, 0) is 6.54 Å². The lowest BCUT2D eigenvalue weighted by atomic mass is 10.0. The van der Waals surface area contributed by atoms with Crippen LogP contribution in [0.3, 0.4) is 0 Å². The van der Waals surface area contributed by atoms with Crippen molar-refractivity contribution in [2.45, 2.75) is 26.8 Å². The summed E-state index contributed by atoms with van der Waals surface area (Å²) < 4.78 is 1.96. The number of halogens is 1. The fraction of sp³-hybridized carbons (Fsp3) is 0.286. The summed E-state index contributed by atoms with van der Waals surface area (Å²) >= 11 is 5.90. The van der Waals surface area contributed by atoms with E-state index < -0.39 is 0 Å². The summed E-state index contributed by atoms with van der Waals surface area (Å²) in [6.45, 7) is 5.01. The Morgan fingerprint density at radius 3 is 2.83 bits per heavy atom. The largest absolute Gasteiger partial charge is 0.298 e. The van der Waals surface area contributed by atoms with Gasteiger partial charge in [-0.1, -0.05) is 24.6 Å². The third-order valence-corrected chi connectivity index (χ3v) is 3.20. The van der Waals surface area contributed by atoms with Crippen molar-refractivity contribution in [3.63, 3.8) is 0 Å². The lowest BCUT2D eigenvalue weighted by Gasteiger charge is -2.06. The molecule has 4 heteroatoms. The van der Waals surface area contributed by atoms with Gasteiger partial charge in [-0.15, -0.1) is 0 Å². The third kappa shape index (κ3) is 2.31. The summed E-state index contributed by atoms with van der Waals surface area (Å²) in [7, 11) is 0. The van der Waals surface area contributed by atoms with E-state index in [1.807, 2.05) is 17.7 Å². The molecule has 94 valence electrons. The van der Waals surface area contributed by atoms with Gasteiger partial charge in [0.15, 0.2) is 6.29 Å². The average Bonchev–Trinajstić information content (AvgIpc) is 2.72. The Balaban J connectivity index is 2.51. The standard InChI is InChI=1S/C14H15ClN2O/c1-3-6-17-10(2)14(8-16-17)13-5-4-12(15)7-11(13)9-18/h4-5,7-9H,3,6H2,1-2H3. The Kier molecular flexibility index (Phi) is 3.82. The normalized spacial score (nSPS) is 10.6. The van der Waals surface area contributed by atoms with Crippen molar-refractivity contribution < 1.29 is 4.79 Å². The Morgan fingerprint density at radius 2 is 2.17 bits per heavy atom. The summed E-state index contributed by atoms with van der Waals surface area (Å²) in [6, 6.07) is 5.34. The smallest absolute Gasteiger partial charge is 0.150 e. The van der Waals surface area contributed by atoms with E-state index in [2.05, 4.69) is 12.0 Å². The van der Waals surface area contributed by atoms with E-state index in [0.29, 0.717) is 10.6 Å². The van der Waals surface area contributed by atoms with Gasteiger partial charge in [0.05, 0.1) is 6.20 Å². The molecule has 0 unspecified atom stereocenters. The highest BCUT2D eigenvalue weighted by Gasteiger charge is 2.12. The highest BCUT2D eigenvalue weighted by Crippen LogP contribution is 2.28. The first-order chi connectivity index (χ1) is 8.67. The zero-order valence-corrected chi connectivity index (χ0v) is 11.2. The first-order valence-electron chi connectivity index (χ1n) is 5.95. The van der Waals surface area contributed by atoms with E-state index >= 15 is 0 Å². The quantitative estimate of drug-likeness (QED) is 0.787. The Hall–Kier alpha value is -1.61. The van der Waals surface area contributed by atoms with Crippen molar-refractivity contribution in [3.8, 4) is 11.1 Å². The minimum absolute atomic E-state index is 0.569. The molecular formula is C14H15ClN2O. The van der Waals surface area contributed by atoms with Crippen molar-refractivity contribution in [2.75, 3.05) is 0 Å². The number of nitrogens with zero attached hydrogens (tertiary/aromatic N) is 2. The maximum absolute atomic E-state index is 11.1. The summed E-state index contributed by atoms with van der Waals surface area (Å²) in [5, 5.41) is 4.92. The summed E-state index contributed by atoms with van der Waals surface area (Å²) in [6.07, 6.45) is 3.67. The van der Waals surface area contributed by atoms with Gasteiger partial charge in [0, 0.05) is 28.4 Å². The Labute approximate surface area is 111 Å². The highest BCUT2D eigenvalue weighted by molar-refractivity contribution is 6.31. The lowest BCUT2D eigenvalue weighted by molar-refractivity contribution is 0.112. The van der Waals surface area contributed by atoms with Crippen LogP contribution < -0.4 is 0 Å². The van der Waals surface area contributed by atoms with Crippen LogP contribution in [0.2, 0.25) is 5.02 Å². The average molecular weight is 263 g/mol. The molecule has 0 saturated carbocycles. The molecule has 0 radical (unpaired) electrons. The molecule has 0 amide bonds. The number of aromatic nitrogens is 2. The van der Waals surface area contributed by atoms with E-state index in [4.69, 9.17) is 11.6 Å². The molecule has 0 bridgehead atoms. The van der Waals surface area contributed by atoms with Crippen LogP contribution in [0.15, 0.2) is 24.4 Å². The SMILES string of the molecule is CCCn1ncc(-c2ccc(Cl)cc2C=O)c1C. The molecule has 2 rings (SSSR count). The molecule has 2 aromatic rings. The molecule has 3 nitrogen and oxygen atoms in total. The summed E-state index contributed by atoms with van der Waals surface area (Å²) in [4.78, 5) is 11.1. The third-order valence-electron chi connectivity index (χ3n) is 2.97. The predicted octanol–water partition coefficient (Wildman–Crippen LogP) is 3.73. The van der Waals surface area contributed by atoms with Gasteiger partial charge in [0.1, 0.15) is 0 Å². The molecule has 0 saturated heterocycles. The number of aryl methyl sites for hydroxylation is 1. The maximum Gasteiger partial charge on any atom is 0.150 e. The zero-order valence-electron chi connectivity index (χ0n) is 10.5. The molecule has 1 aromatic heterocycles. The Morgan fingerprint density at radius 1 is 1.39 bits per heavy atom. The minimum atomic E-state index is 0.569. The van der Waals surface area contributed by atoms with Gasteiger partial charge in [0.2, 0.25) is 0 Å². The molecule has 0 atom stereocenters. The van der Waals surface area contributed by atoms with E-state index in [9.17, 15) is 4.79 Å². The van der Waals surface area contributed by atoms with Crippen molar-refractivity contribution in [3.05, 3.63) is 40.7 Å². The summed E-state index contributed by atoms with van der Waals surface area (Å²) in [5.41, 5.74) is 3.54. The van der Waals surface area contributed by atoms with Gasteiger partial charge in [-0.05, 0) is 31.0 Å². The molecule has 0 aliphatic heterocycles. The second kappa shape index (κ2) is 5.36. The maximum atomic E-state index is 11.1. The Bertz CT molecular complexity index is 575. The van der Waals surface area contributed by atoms with E-state index in [1.165, 1.54) is 0 Å². The van der Waals surface area contributed by atoms with E-state index in [0.717, 1.165) is 36.1 Å². The van der Waals surface area contributed by atoms with E-state index in [-0.39, 0.29) is 0 Å². The van der Waals surface area contributed by atoms with Gasteiger partial charge < -0.3 is 0 Å². The van der Waals surface area contributed by atoms with Crippen LogP contribution in [0.25, 0.3) is 11.1 Å². The van der Waals surface area contributed by atoms with Gasteiger partial charge in [-0.3, -0.25) is 9.48 Å². The molecule has 0 spiro atoms. The number of carbonyl (C=O) groups excluding carboxylic acids is 1. The minimum Gasteiger partial charge on any atom is -0.298 e. The monoisotopic (exact) mass is 262 g/mol. The van der Waals surface area contributed by atoms with Crippen molar-refractivity contribution in [2.24, 2.45) is 0 Å². The van der Waals surface area contributed by atoms with Gasteiger partial charge in [-0.25, -0.2) is 0 Å². The number of hydrogen-bond acceptors (Lipinski definition) is 2. The molecular weight excluding hydrogens is 248 g/mol. The van der Waals surface area contributed by atoms with Crippen LogP contribution in [0, 0.1) is 6.92 Å². The van der Waals surface area contributed by atoms with Gasteiger partial charge >= 0.3 is 0 Å². The van der Waals surface area contributed by atoms with Crippen molar-refractivity contribution in [1.82, 2.24) is 9.78 Å². The molecule has 18 heavy (non-hydrogen) atoms. The van der Waals surface area contributed by atoms with Crippen LogP contribution in [0.1, 0.15) is 29.4 Å². The van der Waals surface area contributed by atoms with Gasteiger partial charge in [0.25, 0.3) is 0 Å². The molecule has 1 aromatic carbocycles. The van der Waals surface area contributed by atoms with Crippen molar-refractivity contribution in [1.29, 1.82) is 0 Å². The molecule has 0 fully saturated rings. The molecule has 1 heterocycles. The predicted molar refractivity (Wildman–Crippen MR) is 73.1 cm³/mol. The molecule has 0 aliphatic rings. The zero-order chi connectivity index (χ0) is 13.1. The van der Waals surface area contributed by atoms with Crippen molar-refractivity contribution >= 4 is 17.9 Å². The number of carbonyl (C=O) groups is 1. The highest BCUT2D eigenvalue weighted by atomic mass is 35.5. The second-order valence-electron chi connectivity index (χ2n) is 4.22. The van der Waals surface area contributed by atoms with Crippen LogP contribution in [0.4, 0.5) is 0 Å². The summed E-state index contributed by atoms with van der Waals surface area (Å²) in [5.74, 6) is 0. The molecule has 0 aliphatic carbocycles. The van der Waals surface area contributed by atoms with Crippen LogP contribution >= 0.6 is 11.6 Å². The number of hydrogen-bond donors (Lipinski definition) is 0. The number of benzene rings is 1. The lowest BCUT2D eigenvalue weighted by Crippen LogP contribution is -2.01. The molecule has 0 N–H and O–H groups in total. The first kappa shape index (κ1) is 12.8.